The van der Waals surface area contributed by atoms with Gasteiger partial charge in [0.1, 0.15) is 0 Å². The molecule has 1 fully saturated rings. The fraction of sp³-hybridized carbons (Fsp3) is 0.526. The van der Waals surface area contributed by atoms with Crippen molar-refractivity contribution in [1.29, 1.82) is 0 Å². The van der Waals surface area contributed by atoms with Gasteiger partial charge in [-0.2, -0.15) is 0 Å². The lowest BCUT2D eigenvalue weighted by atomic mass is 9.79. The lowest BCUT2D eigenvalue weighted by Crippen LogP contribution is -2.71. The molecule has 0 unspecified atom stereocenters. The molecule has 1 heterocycles. The molecule has 1 aliphatic rings. The van der Waals surface area contributed by atoms with Crippen molar-refractivity contribution in [3.8, 4) is 0 Å². The summed E-state index contributed by atoms with van der Waals surface area (Å²) in [6, 6.07) is 10.1. The van der Waals surface area contributed by atoms with E-state index in [-0.39, 0.29) is 16.9 Å². The molecule has 0 saturated carbocycles. The third-order valence-electron chi connectivity index (χ3n) is 5.34. The van der Waals surface area contributed by atoms with E-state index in [1.54, 1.807) is 6.08 Å². The Bertz CT molecular complexity index is 591. The van der Waals surface area contributed by atoms with Crippen LogP contribution in [0.25, 0.3) is 0 Å². The van der Waals surface area contributed by atoms with Crippen LogP contribution in [0.1, 0.15) is 33.3 Å². The van der Waals surface area contributed by atoms with Crippen molar-refractivity contribution >= 4 is 14.2 Å². The van der Waals surface area contributed by atoms with Crippen molar-refractivity contribution in [1.82, 2.24) is 4.90 Å². The lowest BCUT2D eigenvalue weighted by Gasteiger charge is -2.60. The first kappa shape index (κ1) is 18.0. The normalized spacial score (nSPS) is 25.2. The minimum Gasteiger partial charge on any atom is -0.391 e. The zero-order valence-electron chi connectivity index (χ0n) is 15.2. The monoisotopic (exact) mass is 331 g/mol. The first-order valence-electron chi connectivity index (χ1n) is 8.26. The first-order chi connectivity index (χ1) is 10.6. The molecule has 0 spiro atoms. The molecule has 23 heavy (non-hydrogen) atoms. The SMILES string of the molecule is C=CCN1C(=O)[C@H](C)[C@@]1(O[Si](C)(C)C(C)(C)C)c1ccccc1. The smallest absolute Gasteiger partial charge is 0.233 e. The average Bonchev–Trinajstić information content (AvgIpc) is 2.49. The molecule has 0 aromatic heterocycles. The molecular formula is C19H29NO2Si. The van der Waals surface area contributed by atoms with Gasteiger partial charge in [0.25, 0.3) is 0 Å². The average molecular weight is 332 g/mol. The Hall–Kier alpha value is -1.39. The third kappa shape index (κ3) is 2.79. The maximum absolute atomic E-state index is 12.5. The summed E-state index contributed by atoms with van der Waals surface area (Å²) >= 11 is 0. The molecule has 1 aliphatic heterocycles. The summed E-state index contributed by atoms with van der Waals surface area (Å²) in [4.78, 5) is 14.3. The van der Waals surface area contributed by atoms with E-state index in [1.165, 1.54) is 0 Å². The van der Waals surface area contributed by atoms with Crippen LogP contribution >= 0.6 is 0 Å². The quantitative estimate of drug-likeness (QED) is 0.451. The van der Waals surface area contributed by atoms with E-state index in [9.17, 15) is 4.79 Å². The predicted octanol–water partition coefficient (Wildman–Crippen LogP) is 4.53. The summed E-state index contributed by atoms with van der Waals surface area (Å²) in [5.74, 6) is -0.0496. The molecule has 0 N–H and O–H groups in total. The van der Waals surface area contributed by atoms with Crippen LogP contribution in [0.4, 0.5) is 0 Å². The van der Waals surface area contributed by atoms with Gasteiger partial charge in [-0.3, -0.25) is 4.79 Å². The largest absolute Gasteiger partial charge is 0.391 e. The Morgan fingerprint density at radius 3 is 2.35 bits per heavy atom. The molecule has 126 valence electrons. The maximum atomic E-state index is 12.5. The van der Waals surface area contributed by atoms with E-state index in [0.29, 0.717) is 6.54 Å². The van der Waals surface area contributed by atoms with Gasteiger partial charge in [0, 0.05) is 12.1 Å². The van der Waals surface area contributed by atoms with Gasteiger partial charge < -0.3 is 9.33 Å². The predicted molar refractivity (Wildman–Crippen MR) is 97.5 cm³/mol. The fourth-order valence-corrected chi connectivity index (χ4v) is 4.40. The molecule has 0 aliphatic carbocycles. The maximum Gasteiger partial charge on any atom is 0.233 e. The Balaban J connectivity index is 2.54. The van der Waals surface area contributed by atoms with E-state index < -0.39 is 14.0 Å². The van der Waals surface area contributed by atoms with Gasteiger partial charge in [0.05, 0.1) is 5.92 Å². The molecule has 1 amide bonds. The standard InChI is InChI=1S/C19H29NO2Si/c1-8-14-20-17(21)15(2)19(20,16-12-10-9-11-13-16)22-23(6,7)18(3,4)5/h8-13,15H,1,14H2,2-7H3/t15-,19+/m0/s1. The molecule has 0 bridgehead atoms. The van der Waals surface area contributed by atoms with E-state index in [1.807, 2.05) is 30.0 Å². The summed E-state index contributed by atoms with van der Waals surface area (Å²) in [7, 11) is -2.06. The van der Waals surface area contributed by atoms with Gasteiger partial charge in [-0.05, 0) is 25.1 Å². The number of nitrogens with zero attached hydrogens (tertiary/aromatic N) is 1. The number of β-lactam (4-membered cyclic amide) rings is 1. The minimum atomic E-state index is -2.06. The van der Waals surface area contributed by atoms with Crippen LogP contribution in [-0.2, 0) is 14.9 Å². The van der Waals surface area contributed by atoms with Gasteiger partial charge in [0.15, 0.2) is 14.0 Å². The van der Waals surface area contributed by atoms with Crippen molar-refractivity contribution in [2.75, 3.05) is 6.54 Å². The summed E-state index contributed by atoms with van der Waals surface area (Å²) in [5, 5.41) is 0.0764. The number of benzene rings is 1. The van der Waals surface area contributed by atoms with Crippen LogP contribution < -0.4 is 0 Å². The molecule has 2 atom stereocenters. The highest BCUT2D eigenvalue weighted by Gasteiger charge is 2.62. The fourth-order valence-electron chi connectivity index (χ4n) is 2.91. The molecule has 0 radical (unpaired) electrons. The summed E-state index contributed by atoms with van der Waals surface area (Å²) < 4.78 is 6.86. The van der Waals surface area contributed by atoms with Crippen LogP contribution in [0.15, 0.2) is 43.0 Å². The Labute approximate surface area is 141 Å². The number of amides is 1. The van der Waals surface area contributed by atoms with Gasteiger partial charge in [-0.15, -0.1) is 6.58 Å². The molecule has 1 saturated heterocycles. The summed E-state index contributed by atoms with van der Waals surface area (Å²) in [6.45, 7) is 17.4. The second-order valence-electron chi connectivity index (χ2n) is 7.88. The van der Waals surface area contributed by atoms with Crippen LogP contribution in [0, 0.1) is 5.92 Å². The first-order valence-corrected chi connectivity index (χ1v) is 11.2. The van der Waals surface area contributed by atoms with Gasteiger partial charge in [-0.25, -0.2) is 0 Å². The summed E-state index contributed by atoms with van der Waals surface area (Å²) in [6.07, 6.45) is 1.77. The minimum absolute atomic E-state index is 0.0764. The van der Waals surface area contributed by atoms with Crippen molar-refractivity contribution in [2.45, 2.75) is 51.6 Å². The number of hydrogen-bond donors (Lipinski definition) is 0. The Morgan fingerprint density at radius 1 is 1.30 bits per heavy atom. The van der Waals surface area contributed by atoms with E-state index in [0.717, 1.165) is 5.56 Å². The zero-order chi connectivity index (χ0) is 17.5. The van der Waals surface area contributed by atoms with Crippen LogP contribution in [0.5, 0.6) is 0 Å². The van der Waals surface area contributed by atoms with Crippen molar-refractivity contribution in [3.05, 3.63) is 48.6 Å². The molecule has 4 heteroatoms. The second kappa shape index (κ2) is 5.91. The van der Waals surface area contributed by atoms with Gasteiger partial charge >= 0.3 is 0 Å². The molecule has 2 rings (SSSR count). The highest BCUT2D eigenvalue weighted by atomic mass is 28.4. The Kier molecular flexibility index (Phi) is 4.61. The zero-order valence-corrected chi connectivity index (χ0v) is 16.2. The van der Waals surface area contributed by atoms with Crippen molar-refractivity contribution in [3.63, 3.8) is 0 Å². The number of carbonyl (C=O) groups is 1. The number of rotatable bonds is 5. The molecule has 3 nitrogen and oxygen atoms in total. The third-order valence-corrected chi connectivity index (χ3v) is 9.77. The number of likely N-dealkylation sites (tertiary alicyclic amines) is 1. The number of hydrogen-bond acceptors (Lipinski definition) is 2. The van der Waals surface area contributed by atoms with Crippen molar-refractivity contribution in [2.24, 2.45) is 5.92 Å². The second-order valence-corrected chi connectivity index (χ2v) is 12.6. The van der Waals surface area contributed by atoms with Crippen molar-refractivity contribution < 1.29 is 9.22 Å². The van der Waals surface area contributed by atoms with E-state index in [2.05, 4.69) is 52.6 Å². The molecule has 1 aromatic rings. The Morgan fingerprint density at radius 2 is 1.87 bits per heavy atom. The topological polar surface area (TPSA) is 29.5 Å². The summed E-state index contributed by atoms with van der Waals surface area (Å²) in [5.41, 5.74) is 0.383. The number of carbonyl (C=O) groups excluding carboxylic acids is 1. The van der Waals surface area contributed by atoms with Gasteiger partial charge in [0.2, 0.25) is 5.91 Å². The lowest BCUT2D eigenvalue weighted by molar-refractivity contribution is -0.219. The van der Waals surface area contributed by atoms with E-state index in [4.69, 9.17) is 4.43 Å². The van der Waals surface area contributed by atoms with Crippen LogP contribution in [-0.4, -0.2) is 25.7 Å². The van der Waals surface area contributed by atoms with Gasteiger partial charge in [-0.1, -0.05) is 57.2 Å². The highest BCUT2D eigenvalue weighted by Crippen LogP contribution is 2.52. The van der Waals surface area contributed by atoms with E-state index >= 15 is 0 Å². The molecule has 1 aromatic carbocycles. The molecular weight excluding hydrogens is 302 g/mol. The highest BCUT2D eigenvalue weighted by molar-refractivity contribution is 6.74. The van der Waals surface area contributed by atoms with Crippen LogP contribution in [0.2, 0.25) is 18.1 Å². The van der Waals surface area contributed by atoms with Crippen LogP contribution in [0.3, 0.4) is 0 Å².